The molecule has 0 aliphatic heterocycles. The van der Waals surface area contributed by atoms with Gasteiger partial charge in [0.1, 0.15) is 12.1 Å². The Morgan fingerprint density at radius 1 is 0.651 bits per heavy atom. The molecule has 0 aromatic rings. The van der Waals surface area contributed by atoms with E-state index < -0.39 is 12.0 Å². The molecule has 2 unspecified atom stereocenters. The predicted octanol–water partition coefficient (Wildman–Crippen LogP) is 9.16. The van der Waals surface area contributed by atoms with E-state index in [9.17, 15) is 19.5 Å². The second kappa shape index (κ2) is 31.5. The van der Waals surface area contributed by atoms with E-state index in [1.54, 1.807) is 0 Å². The summed E-state index contributed by atoms with van der Waals surface area (Å²) in [5.41, 5.74) is 5.45. The Balaban J connectivity index is 3.87. The van der Waals surface area contributed by atoms with E-state index in [4.69, 9.17) is 10.5 Å². The van der Waals surface area contributed by atoms with Gasteiger partial charge in [0, 0.05) is 12.8 Å². The largest absolute Gasteiger partial charge is 0.480 e. The molecule has 4 N–H and O–H groups in total. The van der Waals surface area contributed by atoms with Crippen LogP contribution in [0.25, 0.3) is 0 Å². The molecule has 0 rings (SSSR count). The third-order valence-corrected chi connectivity index (χ3v) is 8.08. The summed E-state index contributed by atoms with van der Waals surface area (Å²) in [6, 6.07) is -0.870. The molecule has 0 spiro atoms. The molecule has 0 fully saturated rings. The number of hydrogen-bond donors (Lipinski definition) is 3. The van der Waals surface area contributed by atoms with E-state index in [1.165, 1.54) is 83.5 Å². The van der Waals surface area contributed by atoms with Gasteiger partial charge in [0.25, 0.3) is 0 Å². The lowest BCUT2D eigenvalue weighted by Gasteiger charge is -2.18. The first kappa shape index (κ1) is 41.1. The summed E-state index contributed by atoms with van der Waals surface area (Å²) in [6.07, 6.45) is 31.6. The van der Waals surface area contributed by atoms with E-state index in [2.05, 4.69) is 31.3 Å². The number of amides is 1. The predicted molar refractivity (Wildman–Crippen MR) is 179 cm³/mol. The topological polar surface area (TPSA) is 119 Å². The maximum Gasteiger partial charge on any atom is 0.326 e. The Bertz CT molecular complexity index is 697. The first-order valence-electron chi connectivity index (χ1n) is 18.0. The quantitative estimate of drug-likeness (QED) is 0.0398. The molecule has 0 heterocycles. The van der Waals surface area contributed by atoms with Gasteiger partial charge in [0.2, 0.25) is 5.91 Å². The van der Waals surface area contributed by atoms with Crippen LogP contribution in [-0.4, -0.2) is 41.6 Å². The zero-order valence-corrected chi connectivity index (χ0v) is 28.1. The van der Waals surface area contributed by atoms with Gasteiger partial charge < -0.3 is 20.9 Å². The van der Waals surface area contributed by atoms with Crippen molar-refractivity contribution in [3.63, 3.8) is 0 Å². The molecule has 7 heteroatoms. The van der Waals surface area contributed by atoms with Crippen LogP contribution in [0.5, 0.6) is 0 Å². The SMILES string of the molecule is CCCCCCCC/C=C\CCCCCCCCCC(=O)OC(CCCC)CCCCCC(=O)NC(CCCN)C(=O)O. The number of nitrogens with two attached hydrogens (primary N) is 1. The van der Waals surface area contributed by atoms with Gasteiger partial charge in [0.15, 0.2) is 0 Å². The molecular weight excluding hydrogens is 540 g/mol. The van der Waals surface area contributed by atoms with E-state index in [1.807, 2.05) is 0 Å². The number of nitrogens with one attached hydrogen (secondary N) is 1. The van der Waals surface area contributed by atoms with Gasteiger partial charge in [-0.05, 0) is 77.2 Å². The molecule has 0 aromatic carbocycles. The number of unbranched alkanes of at least 4 members (excludes halogenated alkanes) is 16. The van der Waals surface area contributed by atoms with Crippen LogP contribution in [0.1, 0.15) is 181 Å². The number of carboxylic acids is 1. The standard InChI is InChI=1S/C36H68N2O5/c1-3-5-7-8-9-10-11-12-13-14-15-16-17-18-19-20-24-30-35(40)43-32(26-6-4-2)27-22-21-23-29-34(39)38-33(36(41)42)28-25-31-37/h12-13,32-33H,3-11,14-31,37H2,1-2H3,(H,38,39)(H,41,42)/b13-12-. The number of esters is 1. The summed E-state index contributed by atoms with van der Waals surface area (Å²) in [5.74, 6) is -1.33. The fourth-order valence-corrected chi connectivity index (χ4v) is 5.31. The Morgan fingerprint density at radius 3 is 1.74 bits per heavy atom. The van der Waals surface area contributed by atoms with Crippen molar-refractivity contribution in [1.82, 2.24) is 5.32 Å². The Labute approximate surface area is 264 Å². The van der Waals surface area contributed by atoms with Crippen LogP contribution in [-0.2, 0) is 19.1 Å². The minimum absolute atomic E-state index is 0.0474. The highest BCUT2D eigenvalue weighted by molar-refractivity contribution is 5.83. The minimum Gasteiger partial charge on any atom is -0.480 e. The molecule has 43 heavy (non-hydrogen) atoms. The number of allylic oxidation sites excluding steroid dienone is 2. The number of carboxylic acid groups (broad SMARTS) is 1. The van der Waals surface area contributed by atoms with Crippen molar-refractivity contribution in [2.75, 3.05) is 6.54 Å². The number of carbonyl (C=O) groups excluding carboxylic acids is 2. The van der Waals surface area contributed by atoms with Crippen molar-refractivity contribution in [3.8, 4) is 0 Å². The molecule has 0 bridgehead atoms. The van der Waals surface area contributed by atoms with Crippen molar-refractivity contribution in [1.29, 1.82) is 0 Å². The van der Waals surface area contributed by atoms with Crippen LogP contribution in [0.2, 0.25) is 0 Å². The van der Waals surface area contributed by atoms with Crippen LogP contribution < -0.4 is 11.1 Å². The fourth-order valence-electron chi connectivity index (χ4n) is 5.31. The minimum atomic E-state index is -1.02. The van der Waals surface area contributed by atoms with Crippen LogP contribution in [0.4, 0.5) is 0 Å². The number of hydrogen-bond acceptors (Lipinski definition) is 5. The smallest absolute Gasteiger partial charge is 0.326 e. The van der Waals surface area contributed by atoms with Gasteiger partial charge in [-0.1, -0.05) is 109 Å². The van der Waals surface area contributed by atoms with Crippen molar-refractivity contribution < 1.29 is 24.2 Å². The van der Waals surface area contributed by atoms with Crippen molar-refractivity contribution >= 4 is 17.8 Å². The lowest BCUT2D eigenvalue weighted by molar-refractivity contribution is -0.150. The van der Waals surface area contributed by atoms with Crippen LogP contribution in [0.15, 0.2) is 12.2 Å². The number of rotatable bonds is 32. The summed E-state index contributed by atoms with van der Waals surface area (Å²) in [7, 11) is 0. The molecule has 2 atom stereocenters. The maximum atomic E-state index is 12.5. The molecule has 1 amide bonds. The molecular formula is C36H68N2O5. The third kappa shape index (κ3) is 28.6. The molecule has 0 saturated carbocycles. The zero-order chi connectivity index (χ0) is 31.8. The highest BCUT2D eigenvalue weighted by atomic mass is 16.5. The molecule has 0 aliphatic carbocycles. The highest BCUT2D eigenvalue weighted by Gasteiger charge is 2.19. The molecule has 0 radical (unpaired) electrons. The van der Waals surface area contributed by atoms with Gasteiger partial charge in [-0.3, -0.25) is 9.59 Å². The first-order valence-corrected chi connectivity index (χ1v) is 18.0. The molecule has 252 valence electrons. The van der Waals surface area contributed by atoms with E-state index in [0.717, 1.165) is 51.4 Å². The lowest BCUT2D eigenvalue weighted by Crippen LogP contribution is -2.40. The average molecular weight is 609 g/mol. The molecule has 0 saturated heterocycles. The normalized spacial score (nSPS) is 12.8. The van der Waals surface area contributed by atoms with Crippen LogP contribution >= 0.6 is 0 Å². The van der Waals surface area contributed by atoms with E-state index in [0.29, 0.717) is 38.6 Å². The summed E-state index contributed by atoms with van der Waals surface area (Å²) in [5, 5.41) is 11.8. The van der Waals surface area contributed by atoms with Crippen molar-refractivity contribution in [2.45, 2.75) is 193 Å². The van der Waals surface area contributed by atoms with Gasteiger partial charge in [-0.25, -0.2) is 4.79 Å². The summed E-state index contributed by atoms with van der Waals surface area (Å²) < 4.78 is 5.83. The highest BCUT2D eigenvalue weighted by Crippen LogP contribution is 2.17. The Morgan fingerprint density at radius 2 is 1.16 bits per heavy atom. The van der Waals surface area contributed by atoms with Crippen LogP contribution in [0, 0.1) is 0 Å². The third-order valence-electron chi connectivity index (χ3n) is 8.08. The van der Waals surface area contributed by atoms with Gasteiger partial charge >= 0.3 is 11.9 Å². The summed E-state index contributed by atoms with van der Waals surface area (Å²) in [6.45, 7) is 4.81. The van der Waals surface area contributed by atoms with Gasteiger partial charge in [-0.15, -0.1) is 0 Å². The van der Waals surface area contributed by atoms with Crippen LogP contribution in [0.3, 0.4) is 0 Å². The second-order valence-corrected chi connectivity index (χ2v) is 12.3. The fraction of sp³-hybridized carbons (Fsp3) is 0.861. The Kier molecular flexibility index (Phi) is 30.1. The van der Waals surface area contributed by atoms with Crippen molar-refractivity contribution in [3.05, 3.63) is 12.2 Å². The zero-order valence-electron chi connectivity index (χ0n) is 28.1. The van der Waals surface area contributed by atoms with E-state index in [-0.39, 0.29) is 18.0 Å². The molecule has 7 nitrogen and oxygen atoms in total. The Hall–Kier alpha value is -1.89. The number of carbonyl (C=O) groups is 3. The van der Waals surface area contributed by atoms with Gasteiger partial charge in [-0.2, -0.15) is 0 Å². The van der Waals surface area contributed by atoms with E-state index >= 15 is 0 Å². The molecule has 0 aliphatic rings. The lowest BCUT2D eigenvalue weighted by atomic mass is 10.0. The summed E-state index contributed by atoms with van der Waals surface area (Å²) in [4.78, 5) is 35.9. The van der Waals surface area contributed by atoms with Crippen molar-refractivity contribution in [2.24, 2.45) is 5.73 Å². The number of aliphatic carboxylic acids is 1. The molecule has 0 aromatic heterocycles. The van der Waals surface area contributed by atoms with Gasteiger partial charge in [0.05, 0.1) is 0 Å². The maximum absolute atomic E-state index is 12.5. The second-order valence-electron chi connectivity index (χ2n) is 12.3. The monoisotopic (exact) mass is 609 g/mol. The average Bonchev–Trinajstić information content (AvgIpc) is 2.99. The number of ether oxygens (including phenoxy) is 1. The summed E-state index contributed by atoms with van der Waals surface area (Å²) >= 11 is 0. The first-order chi connectivity index (χ1) is 20.9.